The Morgan fingerprint density at radius 1 is 0.880 bits per heavy atom. The van der Waals surface area contributed by atoms with Crippen molar-refractivity contribution in [3.05, 3.63) is 11.8 Å². The molecule has 0 heterocycles. The molecule has 0 aliphatic rings. The molecule has 0 N–H and O–H groups in total. The van der Waals surface area contributed by atoms with Crippen LogP contribution in [0.25, 0.3) is 0 Å². The second-order valence-corrected chi connectivity index (χ2v) is 27.6. The Labute approximate surface area is 165 Å². The van der Waals surface area contributed by atoms with Crippen LogP contribution in [0, 0.1) is 5.92 Å². The summed E-state index contributed by atoms with van der Waals surface area (Å²) in [5, 5.41) is 0. The first kappa shape index (κ1) is 25.6. The van der Waals surface area contributed by atoms with Gasteiger partial charge in [-0.05, 0) is 0 Å². The molecule has 0 fully saturated rings. The molecule has 1 atom stereocenters. The van der Waals surface area contributed by atoms with E-state index in [1.807, 2.05) is 0 Å². The van der Waals surface area contributed by atoms with Gasteiger partial charge in [0.25, 0.3) is 0 Å². The van der Waals surface area contributed by atoms with Crippen LogP contribution in [0.2, 0.25) is 37.4 Å². The average Bonchev–Trinajstić information content (AvgIpc) is 2.57. The van der Waals surface area contributed by atoms with E-state index in [0.29, 0.717) is 5.92 Å². The molecule has 0 aromatic carbocycles. The second kappa shape index (κ2) is 13.7. The van der Waals surface area contributed by atoms with Crippen LogP contribution < -0.4 is 0 Å². The average molecular weight is 475 g/mol. The Balaban J connectivity index is 5.41. The van der Waals surface area contributed by atoms with Crippen LogP contribution in [0.3, 0.4) is 0 Å². The zero-order chi connectivity index (χ0) is 19.3. The topological polar surface area (TPSA) is 9.23 Å². The maximum atomic E-state index is 6.53. The van der Waals surface area contributed by atoms with Crippen molar-refractivity contribution in [2.24, 2.45) is 5.92 Å². The molecule has 1 unspecified atom stereocenters. The number of allylic oxidation sites excluding steroid dienone is 2. The maximum absolute atomic E-state index is 6.53. The second-order valence-electron chi connectivity index (χ2n) is 9.15. The van der Waals surface area contributed by atoms with Crippen molar-refractivity contribution in [3.8, 4) is 0 Å². The van der Waals surface area contributed by atoms with Crippen molar-refractivity contribution < 1.29 is 4.43 Å². The molecular formula is C22H48OSiSn. The number of hydrogen-bond acceptors (Lipinski definition) is 1. The van der Waals surface area contributed by atoms with Gasteiger partial charge < -0.3 is 0 Å². The fraction of sp³-hybridized carbons (Fsp3) is 0.909. The van der Waals surface area contributed by atoms with Crippen molar-refractivity contribution in [1.82, 2.24) is 0 Å². The van der Waals surface area contributed by atoms with Crippen LogP contribution in [0.1, 0.15) is 79.6 Å². The van der Waals surface area contributed by atoms with E-state index < -0.39 is 26.7 Å². The number of unbranched alkanes of at least 4 members (excludes halogenated alkanes) is 3. The van der Waals surface area contributed by atoms with Crippen LogP contribution in [-0.2, 0) is 4.43 Å². The van der Waals surface area contributed by atoms with E-state index in [1.165, 1.54) is 55.1 Å². The predicted molar refractivity (Wildman–Crippen MR) is 122 cm³/mol. The molecule has 0 saturated heterocycles. The molecule has 0 aliphatic heterocycles. The molecule has 0 amide bonds. The summed E-state index contributed by atoms with van der Waals surface area (Å²) in [6, 6.07) is 0. The molecule has 1 nitrogen and oxygen atoms in total. The SMILES string of the molecule is CCC[CH2][Sn]([CH2]/C=C(/O[Si](C)(C)C)C(C)CC)([CH2]CCC)[CH2]CCC. The first-order valence-electron chi connectivity index (χ1n) is 11.1. The molecule has 0 bridgehead atoms. The van der Waals surface area contributed by atoms with Crippen molar-refractivity contribution in [3.63, 3.8) is 0 Å². The molecule has 0 aliphatic carbocycles. The van der Waals surface area contributed by atoms with Gasteiger partial charge in [-0.15, -0.1) is 0 Å². The van der Waals surface area contributed by atoms with Gasteiger partial charge in [0.15, 0.2) is 0 Å². The molecule has 150 valence electrons. The summed E-state index contributed by atoms with van der Waals surface area (Å²) >= 11 is -2.07. The Kier molecular flexibility index (Phi) is 14.0. The fourth-order valence-corrected chi connectivity index (χ4v) is 19.7. The predicted octanol–water partition coefficient (Wildman–Crippen LogP) is 8.62. The standard InChI is InChI=1S/C10H21OSi.3C4H9.Sn/c1-7-9(3)10(8-2)11-12(4,5)6;3*1-3-4-2;/h8-9H,2,7H2,1,3-6H3;3*1,3-4H2,2H3;/b10-8+;;;;. The monoisotopic (exact) mass is 476 g/mol. The quantitative estimate of drug-likeness (QED) is 0.170. The molecule has 0 rings (SSSR count). The van der Waals surface area contributed by atoms with Gasteiger partial charge in [0, 0.05) is 0 Å². The summed E-state index contributed by atoms with van der Waals surface area (Å²) in [6.45, 7) is 18.7. The summed E-state index contributed by atoms with van der Waals surface area (Å²) in [6.07, 6.45) is 12.3. The van der Waals surface area contributed by atoms with Crippen LogP contribution >= 0.6 is 0 Å². The van der Waals surface area contributed by atoms with E-state index >= 15 is 0 Å². The Hall–Kier alpha value is 0.556. The van der Waals surface area contributed by atoms with Gasteiger partial charge in [0.2, 0.25) is 0 Å². The first-order valence-corrected chi connectivity index (χ1v) is 22.6. The Morgan fingerprint density at radius 2 is 1.32 bits per heavy atom. The van der Waals surface area contributed by atoms with Gasteiger partial charge in [-0.1, -0.05) is 0 Å². The van der Waals surface area contributed by atoms with E-state index in [9.17, 15) is 0 Å². The zero-order valence-electron chi connectivity index (χ0n) is 18.8. The van der Waals surface area contributed by atoms with Crippen molar-refractivity contribution >= 4 is 26.7 Å². The molecule has 0 radical (unpaired) electrons. The third kappa shape index (κ3) is 11.8. The molecule has 0 aromatic heterocycles. The van der Waals surface area contributed by atoms with Gasteiger partial charge in [0.1, 0.15) is 0 Å². The number of rotatable bonds is 15. The van der Waals surface area contributed by atoms with Gasteiger partial charge in [0.05, 0.1) is 0 Å². The summed E-state index contributed by atoms with van der Waals surface area (Å²) < 4.78 is 12.8. The van der Waals surface area contributed by atoms with Crippen LogP contribution in [0.15, 0.2) is 11.8 Å². The zero-order valence-corrected chi connectivity index (χ0v) is 22.7. The van der Waals surface area contributed by atoms with Crippen LogP contribution in [0.5, 0.6) is 0 Å². The van der Waals surface area contributed by atoms with Crippen LogP contribution in [0.4, 0.5) is 0 Å². The third-order valence-corrected chi connectivity index (χ3v) is 21.5. The normalized spacial score (nSPS) is 14.6. The summed E-state index contributed by atoms with van der Waals surface area (Å²) in [5.74, 6) is 1.92. The van der Waals surface area contributed by atoms with Crippen molar-refractivity contribution in [1.29, 1.82) is 0 Å². The fourth-order valence-electron chi connectivity index (χ4n) is 3.55. The summed E-state index contributed by atoms with van der Waals surface area (Å²) in [7, 11) is -1.52. The Bertz CT molecular complexity index is 338. The molecule has 0 saturated carbocycles. The van der Waals surface area contributed by atoms with Gasteiger partial charge in [-0.25, -0.2) is 0 Å². The molecule has 25 heavy (non-hydrogen) atoms. The van der Waals surface area contributed by atoms with E-state index in [2.05, 4.69) is 60.3 Å². The van der Waals surface area contributed by atoms with Crippen molar-refractivity contribution in [2.75, 3.05) is 0 Å². The van der Waals surface area contributed by atoms with Gasteiger partial charge >= 0.3 is 166 Å². The Morgan fingerprint density at radius 3 is 1.64 bits per heavy atom. The van der Waals surface area contributed by atoms with E-state index in [1.54, 1.807) is 13.3 Å². The van der Waals surface area contributed by atoms with Gasteiger partial charge in [-0.2, -0.15) is 0 Å². The summed E-state index contributed by atoms with van der Waals surface area (Å²) in [5.41, 5.74) is 0. The molecule has 3 heteroatoms. The molecule has 0 aromatic rings. The summed E-state index contributed by atoms with van der Waals surface area (Å²) in [4.78, 5) is 0. The minimum atomic E-state index is -2.07. The van der Waals surface area contributed by atoms with E-state index in [4.69, 9.17) is 4.43 Å². The minimum absolute atomic E-state index is 0.583. The first-order chi connectivity index (χ1) is 11.7. The van der Waals surface area contributed by atoms with E-state index in [0.717, 1.165) is 0 Å². The van der Waals surface area contributed by atoms with Gasteiger partial charge in [-0.3, -0.25) is 0 Å². The van der Waals surface area contributed by atoms with E-state index in [-0.39, 0.29) is 0 Å². The van der Waals surface area contributed by atoms with Crippen LogP contribution in [-0.4, -0.2) is 26.7 Å². The third-order valence-electron chi connectivity index (χ3n) is 5.44. The molecular weight excluding hydrogens is 427 g/mol. The van der Waals surface area contributed by atoms with Crippen molar-refractivity contribution in [2.45, 2.75) is 117 Å². The molecule has 0 spiro atoms. The number of hydrogen-bond donors (Lipinski definition) is 0.